The molecule has 0 aromatic heterocycles. The van der Waals surface area contributed by atoms with E-state index in [1.54, 1.807) is 0 Å². The van der Waals surface area contributed by atoms with Gasteiger partial charge in [-0.25, -0.2) is 0 Å². The SMILES string of the molecule is CC1OCCCC1CO. The van der Waals surface area contributed by atoms with Crippen LogP contribution in [-0.4, -0.2) is 24.4 Å². The van der Waals surface area contributed by atoms with Crippen molar-refractivity contribution in [2.75, 3.05) is 13.2 Å². The molecule has 0 bridgehead atoms. The van der Waals surface area contributed by atoms with Crippen LogP contribution in [0.1, 0.15) is 19.8 Å². The lowest BCUT2D eigenvalue weighted by molar-refractivity contribution is -0.0324. The number of hydrogen-bond donors (Lipinski definition) is 1. The first kappa shape index (κ1) is 7.03. The van der Waals surface area contributed by atoms with E-state index < -0.39 is 0 Å². The van der Waals surface area contributed by atoms with Crippen molar-refractivity contribution >= 4 is 0 Å². The molecule has 2 atom stereocenters. The van der Waals surface area contributed by atoms with Gasteiger partial charge in [-0.1, -0.05) is 0 Å². The average Bonchev–Trinajstić information content (AvgIpc) is 1.89. The highest BCUT2D eigenvalue weighted by molar-refractivity contribution is 4.69. The molecular formula is C7H14O2. The van der Waals surface area contributed by atoms with E-state index in [0.29, 0.717) is 5.92 Å². The fourth-order valence-electron chi connectivity index (χ4n) is 1.23. The normalized spacial score (nSPS) is 36.7. The summed E-state index contributed by atoms with van der Waals surface area (Å²) in [7, 11) is 0. The zero-order valence-electron chi connectivity index (χ0n) is 5.84. The van der Waals surface area contributed by atoms with Crippen LogP contribution in [0.15, 0.2) is 0 Å². The lowest BCUT2D eigenvalue weighted by atomic mass is 9.97. The Bertz CT molecular complexity index is 83.0. The standard InChI is InChI=1S/C7H14O2/c1-6-7(5-8)3-2-4-9-6/h6-8H,2-5H2,1H3. The van der Waals surface area contributed by atoms with Crippen LogP contribution >= 0.6 is 0 Å². The maximum absolute atomic E-state index is 8.78. The minimum Gasteiger partial charge on any atom is -0.396 e. The Morgan fingerprint density at radius 2 is 2.44 bits per heavy atom. The Balaban J connectivity index is 2.30. The van der Waals surface area contributed by atoms with Gasteiger partial charge in [-0.3, -0.25) is 0 Å². The summed E-state index contributed by atoms with van der Waals surface area (Å²) in [6, 6.07) is 0. The molecule has 1 fully saturated rings. The number of ether oxygens (including phenoxy) is 1. The first-order valence-corrected chi connectivity index (χ1v) is 3.57. The molecule has 0 aliphatic carbocycles. The molecule has 1 N–H and O–H groups in total. The summed E-state index contributed by atoms with van der Waals surface area (Å²) in [5.41, 5.74) is 0. The zero-order valence-corrected chi connectivity index (χ0v) is 5.84. The van der Waals surface area contributed by atoms with Crippen LogP contribution in [-0.2, 0) is 4.74 Å². The van der Waals surface area contributed by atoms with E-state index in [4.69, 9.17) is 9.84 Å². The number of aliphatic hydroxyl groups excluding tert-OH is 1. The third-order valence-corrected chi connectivity index (χ3v) is 2.00. The van der Waals surface area contributed by atoms with Crippen LogP contribution < -0.4 is 0 Å². The van der Waals surface area contributed by atoms with Gasteiger partial charge >= 0.3 is 0 Å². The lowest BCUT2D eigenvalue weighted by Gasteiger charge is -2.27. The molecule has 0 radical (unpaired) electrons. The van der Waals surface area contributed by atoms with Gasteiger partial charge in [0.05, 0.1) is 6.10 Å². The van der Waals surface area contributed by atoms with Crippen LogP contribution in [0, 0.1) is 5.92 Å². The summed E-state index contributed by atoms with van der Waals surface area (Å²) in [5.74, 6) is 0.388. The molecule has 2 unspecified atom stereocenters. The Morgan fingerprint density at radius 1 is 1.67 bits per heavy atom. The van der Waals surface area contributed by atoms with Crippen molar-refractivity contribution < 1.29 is 9.84 Å². The van der Waals surface area contributed by atoms with Crippen LogP contribution in [0.2, 0.25) is 0 Å². The Hall–Kier alpha value is -0.0800. The molecule has 1 aliphatic rings. The fourth-order valence-corrected chi connectivity index (χ4v) is 1.23. The molecule has 1 aliphatic heterocycles. The highest BCUT2D eigenvalue weighted by Gasteiger charge is 2.20. The third-order valence-electron chi connectivity index (χ3n) is 2.00. The predicted molar refractivity (Wildman–Crippen MR) is 35.2 cm³/mol. The van der Waals surface area contributed by atoms with Gasteiger partial charge < -0.3 is 9.84 Å². The Labute approximate surface area is 55.8 Å². The smallest absolute Gasteiger partial charge is 0.0597 e. The van der Waals surface area contributed by atoms with E-state index >= 15 is 0 Å². The molecule has 0 amide bonds. The third kappa shape index (κ3) is 1.66. The molecule has 0 aromatic carbocycles. The Morgan fingerprint density at radius 3 is 2.89 bits per heavy atom. The van der Waals surface area contributed by atoms with E-state index in [1.165, 1.54) is 0 Å². The van der Waals surface area contributed by atoms with Crippen LogP contribution in [0.25, 0.3) is 0 Å². The van der Waals surface area contributed by atoms with Crippen LogP contribution in [0.5, 0.6) is 0 Å². The molecule has 9 heavy (non-hydrogen) atoms. The largest absolute Gasteiger partial charge is 0.396 e. The molecule has 1 heterocycles. The van der Waals surface area contributed by atoms with Crippen molar-refractivity contribution in [3.8, 4) is 0 Å². The van der Waals surface area contributed by atoms with Gasteiger partial charge in [-0.05, 0) is 19.8 Å². The molecule has 0 aromatic rings. The summed E-state index contributed by atoms with van der Waals surface area (Å²) in [4.78, 5) is 0. The number of rotatable bonds is 1. The molecule has 0 spiro atoms. The van der Waals surface area contributed by atoms with E-state index in [0.717, 1.165) is 19.4 Å². The molecule has 1 rings (SSSR count). The molecule has 54 valence electrons. The molecular weight excluding hydrogens is 116 g/mol. The zero-order chi connectivity index (χ0) is 6.69. The highest BCUT2D eigenvalue weighted by Crippen LogP contribution is 2.18. The van der Waals surface area contributed by atoms with Gasteiger partial charge in [-0.15, -0.1) is 0 Å². The minimum absolute atomic E-state index is 0.267. The van der Waals surface area contributed by atoms with Gasteiger partial charge in [-0.2, -0.15) is 0 Å². The molecule has 1 saturated heterocycles. The quantitative estimate of drug-likeness (QED) is 0.568. The van der Waals surface area contributed by atoms with Crippen molar-refractivity contribution in [3.63, 3.8) is 0 Å². The van der Waals surface area contributed by atoms with Crippen LogP contribution in [0.3, 0.4) is 0 Å². The average molecular weight is 130 g/mol. The monoisotopic (exact) mass is 130 g/mol. The van der Waals surface area contributed by atoms with Crippen molar-refractivity contribution in [3.05, 3.63) is 0 Å². The van der Waals surface area contributed by atoms with E-state index in [9.17, 15) is 0 Å². The maximum Gasteiger partial charge on any atom is 0.0597 e. The van der Waals surface area contributed by atoms with Crippen molar-refractivity contribution in [1.82, 2.24) is 0 Å². The first-order valence-electron chi connectivity index (χ1n) is 3.57. The second kappa shape index (κ2) is 3.18. The van der Waals surface area contributed by atoms with Crippen molar-refractivity contribution in [2.45, 2.75) is 25.9 Å². The predicted octanol–water partition coefficient (Wildman–Crippen LogP) is 0.794. The summed E-state index contributed by atoms with van der Waals surface area (Å²) < 4.78 is 5.32. The van der Waals surface area contributed by atoms with Gasteiger partial charge in [0, 0.05) is 19.1 Å². The molecule has 2 nitrogen and oxygen atoms in total. The molecule has 0 saturated carbocycles. The summed E-state index contributed by atoms with van der Waals surface area (Å²) in [6.07, 6.45) is 2.50. The van der Waals surface area contributed by atoms with E-state index in [2.05, 4.69) is 0 Å². The topological polar surface area (TPSA) is 29.5 Å². The van der Waals surface area contributed by atoms with Gasteiger partial charge in [0.25, 0.3) is 0 Å². The second-order valence-corrected chi connectivity index (χ2v) is 2.66. The highest BCUT2D eigenvalue weighted by atomic mass is 16.5. The number of aliphatic hydroxyl groups is 1. The van der Waals surface area contributed by atoms with Crippen molar-refractivity contribution in [2.24, 2.45) is 5.92 Å². The maximum atomic E-state index is 8.78. The Kier molecular flexibility index (Phi) is 2.49. The molecule has 2 heteroatoms. The van der Waals surface area contributed by atoms with Gasteiger partial charge in [0.15, 0.2) is 0 Å². The van der Waals surface area contributed by atoms with Gasteiger partial charge in [0.2, 0.25) is 0 Å². The minimum atomic E-state index is 0.267. The summed E-state index contributed by atoms with van der Waals surface area (Å²) in [5, 5.41) is 8.78. The van der Waals surface area contributed by atoms with Crippen LogP contribution in [0.4, 0.5) is 0 Å². The first-order chi connectivity index (χ1) is 4.34. The summed E-state index contributed by atoms with van der Waals surface area (Å²) >= 11 is 0. The fraction of sp³-hybridized carbons (Fsp3) is 1.00. The van der Waals surface area contributed by atoms with Gasteiger partial charge in [0.1, 0.15) is 0 Å². The summed E-state index contributed by atoms with van der Waals surface area (Å²) in [6.45, 7) is 3.18. The lowest BCUT2D eigenvalue weighted by Crippen LogP contribution is -2.29. The van der Waals surface area contributed by atoms with E-state index in [1.807, 2.05) is 6.92 Å². The second-order valence-electron chi connectivity index (χ2n) is 2.66. The number of hydrogen-bond acceptors (Lipinski definition) is 2. The van der Waals surface area contributed by atoms with E-state index in [-0.39, 0.29) is 12.7 Å². The van der Waals surface area contributed by atoms with Crippen molar-refractivity contribution in [1.29, 1.82) is 0 Å².